The van der Waals surface area contributed by atoms with Crippen molar-refractivity contribution in [1.29, 1.82) is 0 Å². The highest BCUT2D eigenvalue weighted by Crippen LogP contribution is 2.25. The van der Waals surface area contributed by atoms with Gasteiger partial charge in [0.25, 0.3) is 0 Å². The fourth-order valence-electron chi connectivity index (χ4n) is 2.08. The molecule has 2 N–H and O–H groups in total. The first-order valence-corrected chi connectivity index (χ1v) is 8.10. The van der Waals surface area contributed by atoms with Crippen molar-refractivity contribution in [2.75, 3.05) is 19.0 Å². The zero-order valence-electron chi connectivity index (χ0n) is 13.1. The Balaban J connectivity index is 1.92. The summed E-state index contributed by atoms with van der Waals surface area (Å²) in [6, 6.07) is 3.81. The number of nitrogens with zero attached hydrogens (tertiary/aromatic N) is 2. The molecule has 0 saturated carbocycles. The van der Waals surface area contributed by atoms with Crippen LogP contribution in [0.3, 0.4) is 0 Å². The van der Waals surface area contributed by atoms with Crippen LogP contribution < -0.4 is 10.6 Å². The van der Waals surface area contributed by atoms with E-state index in [2.05, 4.69) is 29.6 Å². The summed E-state index contributed by atoms with van der Waals surface area (Å²) < 4.78 is 6.73. The minimum atomic E-state index is -0.224. The van der Waals surface area contributed by atoms with Crippen LogP contribution in [0.4, 0.5) is 10.5 Å². The molecule has 0 unspecified atom stereocenters. The maximum Gasteiger partial charge on any atom is 0.319 e. The van der Waals surface area contributed by atoms with Crippen LogP contribution in [0, 0.1) is 5.92 Å². The summed E-state index contributed by atoms with van der Waals surface area (Å²) in [4.78, 5) is 13.3. The second-order valence-electron chi connectivity index (χ2n) is 5.32. The summed E-state index contributed by atoms with van der Waals surface area (Å²) in [7, 11) is 1.65. The van der Waals surface area contributed by atoms with E-state index in [0.29, 0.717) is 24.8 Å². The molecule has 2 amide bonds. The number of hydrogen-bond acceptors (Lipinski definition) is 4. The first kappa shape index (κ1) is 16.5. The molecule has 0 aliphatic carbocycles. The van der Waals surface area contributed by atoms with Crippen LogP contribution in [0.5, 0.6) is 0 Å². The molecule has 0 aromatic carbocycles. The van der Waals surface area contributed by atoms with Gasteiger partial charge in [0.1, 0.15) is 0 Å². The normalized spacial score (nSPS) is 12.4. The van der Waals surface area contributed by atoms with Gasteiger partial charge in [-0.15, -0.1) is 11.3 Å². The average Bonchev–Trinajstić information content (AvgIpc) is 3.14. The zero-order valence-corrected chi connectivity index (χ0v) is 13.9. The first-order chi connectivity index (χ1) is 10.6. The zero-order chi connectivity index (χ0) is 15.9. The number of methoxy groups -OCH3 is 1. The topological polar surface area (TPSA) is 68.2 Å². The number of amides is 2. The molecule has 120 valence electrons. The van der Waals surface area contributed by atoms with E-state index in [1.807, 2.05) is 17.5 Å². The number of thiophene rings is 1. The van der Waals surface area contributed by atoms with Crippen LogP contribution in [0.15, 0.2) is 29.9 Å². The molecule has 0 bridgehead atoms. The minimum absolute atomic E-state index is 0.00327. The summed E-state index contributed by atoms with van der Waals surface area (Å²) in [6.45, 7) is 5.42. The lowest BCUT2D eigenvalue weighted by atomic mass is 10.0. The lowest BCUT2D eigenvalue weighted by molar-refractivity contribution is 0.183. The molecular weight excluding hydrogens is 300 g/mol. The third kappa shape index (κ3) is 4.57. The van der Waals surface area contributed by atoms with Gasteiger partial charge in [-0.1, -0.05) is 19.9 Å². The van der Waals surface area contributed by atoms with Gasteiger partial charge in [0.2, 0.25) is 0 Å². The SMILES string of the molecule is COCCn1cc(NC(=O)N[C@@H](c2cccs2)C(C)C)cn1. The Hall–Kier alpha value is -1.86. The highest BCUT2D eigenvalue weighted by Gasteiger charge is 2.19. The Kier molecular flexibility index (Phi) is 5.97. The smallest absolute Gasteiger partial charge is 0.319 e. The lowest BCUT2D eigenvalue weighted by Crippen LogP contribution is -2.34. The van der Waals surface area contributed by atoms with Gasteiger partial charge >= 0.3 is 6.03 Å². The molecule has 0 radical (unpaired) electrons. The Bertz CT molecular complexity index is 580. The van der Waals surface area contributed by atoms with Crippen LogP contribution in [0.2, 0.25) is 0 Å². The van der Waals surface area contributed by atoms with Crippen LogP contribution >= 0.6 is 11.3 Å². The molecule has 7 heteroatoms. The number of urea groups is 1. The van der Waals surface area contributed by atoms with Crippen molar-refractivity contribution in [3.8, 4) is 0 Å². The molecule has 2 rings (SSSR count). The molecule has 1 atom stereocenters. The molecule has 2 heterocycles. The predicted octanol–water partition coefficient (Wildman–Crippen LogP) is 3.11. The number of rotatable bonds is 7. The molecule has 0 aliphatic rings. The van der Waals surface area contributed by atoms with Gasteiger partial charge in [0, 0.05) is 18.2 Å². The molecule has 0 saturated heterocycles. The Labute approximate surface area is 134 Å². The largest absolute Gasteiger partial charge is 0.383 e. The van der Waals surface area contributed by atoms with Crippen molar-refractivity contribution in [2.45, 2.75) is 26.4 Å². The van der Waals surface area contributed by atoms with Crippen molar-refractivity contribution in [2.24, 2.45) is 5.92 Å². The molecular formula is C15H22N4O2S. The van der Waals surface area contributed by atoms with Crippen molar-refractivity contribution < 1.29 is 9.53 Å². The molecule has 6 nitrogen and oxygen atoms in total. The number of ether oxygens (including phenoxy) is 1. The van der Waals surface area contributed by atoms with E-state index in [1.54, 1.807) is 35.5 Å². The van der Waals surface area contributed by atoms with E-state index in [4.69, 9.17) is 4.74 Å². The molecule has 2 aromatic heterocycles. The minimum Gasteiger partial charge on any atom is -0.383 e. The number of hydrogen-bond donors (Lipinski definition) is 2. The van der Waals surface area contributed by atoms with Gasteiger partial charge in [0.15, 0.2) is 0 Å². The van der Waals surface area contributed by atoms with Crippen molar-refractivity contribution in [3.63, 3.8) is 0 Å². The summed E-state index contributed by atoms with van der Waals surface area (Å²) in [5.41, 5.74) is 0.669. The molecule has 0 aliphatic heterocycles. The van der Waals surface area contributed by atoms with Gasteiger partial charge in [-0.3, -0.25) is 4.68 Å². The standard InChI is InChI=1S/C15H22N4O2S/c1-11(2)14(13-5-4-8-22-13)18-15(20)17-12-9-16-19(10-12)6-7-21-3/h4-5,8-11,14H,6-7H2,1-3H3,(H2,17,18,20)/t14-/m1/s1. The quantitative estimate of drug-likeness (QED) is 0.823. The van der Waals surface area contributed by atoms with Crippen molar-refractivity contribution in [1.82, 2.24) is 15.1 Å². The Morgan fingerprint density at radius 1 is 1.50 bits per heavy atom. The third-order valence-corrected chi connectivity index (χ3v) is 4.17. The fraction of sp³-hybridized carbons (Fsp3) is 0.467. The van der Waals surface area contributed by atoms with Gasteiger partial charge in [-0.25, -0.2) is 4.79 Å². The molecule has 0 spiro atoms. The summed E-state index contributed by atoms with van der Waals surface area (Å²) >= 11 is 1.65. The van der Waals surface area contributed by atoms with Gasteiger partial charge in [-0.2, -0.15) is 5.10 Å². The second kappa shape index (κ2) is 7.95. The number of anilines is 1. The van der Waals surface area contributed by atoms with Crippen LogP contribution in [-0.2, 0) is 11.3 Å². The van der Waals surface area contributed by atoms with E-state index in [9.17, 15) is 4.79 Å². The van der Waals surface area contributed by atoms with Crippen LogP contribution in [-0.4, -0.2) is 29.5 Å². The maximum atomic E-state index is 12.2. The van der Waals surface area contributed by atoms with E-state index in [-0.39, 0.29) is 12.1 Å². The summed E-state index contributed by atoms with van der Waals surface area (Å²) in [5.74, 6) is 0.314. The van der Waals surface area contributed by atoms with E-state index < -0.39 is 0 Å². The Morgan fingerprint density at radius 2 is 2.32 bits per heavy atom. The van der Waals surface area contributed by atoms with Crippen molar-refractivity contribution in [3.05, 3.63) is 34.8 Å². The van der Waals surface area contributed by atoms with Gasteiger partial charge in [-0.05, 0) is 17.4 Å². The number of carbonyl (C=O) groups is 1. The first-order valence-electron chi connectivity index (χ1n) is 7.22. The average molecular weight is 322 g/mol. The summed E-state index contributed by atoms with van der Waals surface area (Å²) in [6.07, 6.45) is 3.42. The van der Waals surface area contributed by atoms with E-state index in [0.717, 1.165) is 4.88 Å². The summed E-state index contributed by atoms with van der Waals surface area (Å²) in [5, 5.41) is 12.0. The lowest BCUT2D eigenvalue weighted by Gasteiger charge is -2.21. The highest BCUT2D eigenvalue weighted by molar-refractivity contribution is 7.10. The highest BCUT2D eigenvalue weighted by atomic mass is 32.1. The number of aromatic nitrogens is 2. The van der Waals surface area contributed by atoms with Gasteiger partial charge < -0.3 is 15.4 Å². The van der Waals surface area contributed by atoms with E-state index >= 15 is 0 Å². The monoisotopic (exact) mass is 322 g/mol. The fourth-order valence-corrected chi connectivity index (χ4v) is 3.03. The maximum absolute atomic E-state index is 12.2. The second-order valence-corrected chi connectivity index (χ2v) is 6.30. The van der Waals surface area contributed by atoms with Crippen molar-refractivity contribution >= 4 is 23.1 Å². The van der Waals surface area contributed by atoms with Crippen LogP contribution in [0.25, 0.3) is 0 Å². The molecule has 0 fully saturated rings. The van der Waals surface area contributed by atoms with E-state index in [1.165, 1.54) is 0 Å². The predicted molar refractivity (Wildman–Crippen MR) is 88.2 cm³/mol. The number of carbonyl (C=O) groups excluding carboxylic acids is 1. The molecule has 2 aromatic rings. The van der Waals surface area contributed by atoms with Gasteiger partial charge in [0.05, 0.1) is 31.1 Å². The molecule has 22 heavy (non-hydrogen) atoms. The number of nitrogens with one attached hydrogen (secondary N) is 2. The Morgan fingerprint density at radius 3 is 2.95 bits per heavy atom. The van der Waals surface area contributed by atoms with Crippen LogP contribution in [0.1, 0.15) is 24.8 Å². The third-order valence-electron chi connectivity index (χ3n) is 3.22.